The number of halogens is 1. The van der Waals surface area contributed by atoms with Gasteiger partial charge < -0.3 is 20.1 Å². The number of rotatable bonds is 7. The lowest BCUT2D eigenvalue weighted by Gasteiger charge is -2.26. The van der Waals surface area contributed by atoms with E-state index in [0.717, 1.165) is 51.1 Å². The fourth-order valence-corrected chi connectivity index (χ4v) is 2.66. The highest BCUT2D eigenvalue weighted by Crippen LogP contribution is 2.18. The van der Waals surface area contributed by atoms with Gasteiger partial charge in [0, 0.05) is 39.3 Å². The van der Waals surface area contributed by atoms with E-state index >= 15 is 0 Å². The van der Waals surface area contributed by atoms with Crippen LogP contribution < -0.4 is 15.4 Å². The Labute approximate surface area is 167 Å². The molecule has 0 amide bonds. The Morgan fingerprint density at radius 2 is 2.12 bits per heavy atom. The number of ether oxygens (including phenoxy) is 2. The van der Waals surface area contributed by atoms with Crippen molar-refractivity contribution in [1.29, 1.82) is 0 Å². The van der Waals surface area contributed by atoms with E-state index in [1.807, 2.05) is 19.2 Å². The number of morpholine rings is 1. The number of hydrogen-bond acceptors (Lipinski definition) is 4. The third-order valence-electron chi connectivity index (χ3n) is 4.28. The standard InChI is InChI=1S/C18H28N4O2.HI/c1-19-18(21-16-5-6-16)20-14-15-3-2-4-17(13-15)24-12-9-22-7-10-23-11-8-22;/h2-4,13,16H,5-12,14H2,1H3,(H2,19,20,21);1H. The van der Waals surface area contributed by atoms with Crippen molar-refractivity contribution in [2.75, 3.05) is 46.5 Å². The topological polar surface area (TPSA) is 58.1 Å². The summed E-state index contributed by atoms with van der Waals surface area (Å²) >= 11 is 0. The predicted molar refractivity (Wildman–Crippen MR) is 111 cm³/mol. The molecule has 0 aromatic heterocycles. The number of hydrogen-bond donors (Lipinski definition) is 2. The summed E-state index contributed by atoms with van der Waals surface area (Å²) in [6.07, 6.45) is 2.49. The molecule has 0 unspecified atom stereocenters. The molecular weight excluding hydrogens is 431 g/mol. The summed E-state index contributed by atoms with van der Waals surface area (Å²) in [5.74, 6) is 1.80. The molecule has 0 spiro atoms. The Hall–Kier alpha value is -1.06. The smallest absolute Gasteiger partial charge is 0.191 e. The predicted octanol–water partition coefficient (Wildman–Crippen LogP) is 1.84. The van der Waals surface area contributed by atoms with Gasteiger partial charge in [0.15, 0.2) is 5.96 Å². The molecule has 0 radical (unpaired) electrons. The summed E-state index contributed by atoms with van der Waals surface area (Å²) < 4.78 is 11.3. The average Bonchev–Trinajstić information content (AvgIpc) is 3.44. The molecule has 2 fully saturated rings. The quantitative estimate of drug-likeness (QED) is 0.370. The Morgan fingerprint density at radius 1 is 1.32 bits per heavy atom. The van der Waals surface area contributed by atoms with Crippen molar-refractivity contribution in [2.24, 2.45) is 4.99 Å². The molecule has 2 aliphatic rings. The first-order valence-corrected chi connectivity index (χ1v) is 8.82. The van der Waals surface area contributed by atoms with Gasteiger partial charge in [0.05, 0.1) is 13.2 Å². The van der Waals surface area contributed by atoms with Crippen molar-refractivity contribution in [2.45, 2.75) is 25.4 Å². The molecular formula is C18H29IN4O2. The molecule has 7 heteroatoms. The van der Waals surface area contributed by atoms with Gasteiger partial charge in [-0.2, -0.15) is 0 Å². The second kappa shape index (κ2) is 10.8. The number of nitrogens with zero attached hydrogens (tertiary/aromatic N) is 2. The van der Waals surface area contributed by atoms with Gasteiger partial charge in [-0.1, -0.05) is 12.1 Å². The number of aliphatic imine (C=N–C) groups is 1. The molecule has 0 bridgehead atoms. The first-order chi connectivity index (χ1) is 11.8. The Kier molecular flexibility index (Phi) is 8.77. The molecule has 6 nitrogen and oxygen atoms in total. The van der Waals surface area contributed by atoms with Gasteiger partial charge in [-0.15, -0.1) is 24.0 Å². The van der Waals surface area contributed by atoms with Crippen LogP contribution in [0.4, 0.5) is 0 Å². The highest BCUT2D eigenvalue weighted by Gasteiger charge is 2.21. The number of guanidine groups is 1. The van der Waals surface area contributed by atoms with E-state index < -0.39 is 0 Å². The molecule has 1 aliphatic carbocycles. The summed E-state index contributed by atoms with van der Waals surface area (Å²) in [5, 5.41) is 6.74. The van der Waals surface area contributed by atoms with Gasteiger partial charge in [-0.25, -0.2) is 0 Å². The monoisotopic (exact) mass is 460 g/mol. The minimum atomic E-state index is 0. The maximum atomic E-state index is 5.90. The van der Waals surface area contributed by atoms with Gasteiger partial charge in [-0.05, 0) is 30.5 Å². The molecule has 140 valence electrons. The fourth-order valence-electron chi connectivity index (χ4n) is 2.66. The van der Waals surface area contributed by atoms with Crippen LogP contribution >= 0.6 is 24.0 Å². The van der Waals surface area contributed by atoms with E-state index in [2.05, 4.69) is 32.7 Å². The molecule has 1 heterocycles. The lowest BCUT2D eigenvalue weighted by molar-refractivity contribution is 0.0322. The van der Waals surface area contributed by atoms with Crippen molar-refractivity contribution in [1.82, 2.24) is 15.5 Å². The Bertz CT molecular complexity index is 546. The zero-order valence-corrected chi connectivity index (χ0v) is 17.2. The molecule has 1 aromatic rings. The largest absolute Gasteiger partial charge is 0.492 e. The molecule has 0 atom stereocenters. The first kappa shape index (κ1) is 20.3. The zero-order valence-electron chi connectivity index (χ0n) is 14.9. The number of nitrogens with one attached hydrogen (secondary N) is 2. The van der Waals surface area contributed by atoms with Gasteiger partial charge in [0.1, 0.15) is 12.4 Å². The highest BCUT2D eigenvalue weighted by molar-refractivity contribution is 14.0. The van der Waals surface area contributed by atoms with E-state index in [-0.39, 0.29) is 24.0 Å². The third-order valence-corrected chi connectivity index (χ3v) is 4.28. The minimum absolute atomic E-state index is 0. The summed E-state index contributed by atoms with van der Waals surface area (Å²) in [6, 6.07) is 8.85. The normalized spacial score (nSPS) is 18.4. The zero-order chi connectivity index (χ0) is 16.6. The summed E-state index contributed by atoms with van der Waals surface area (Å²) in [4.78, 5) is 6.63. The van der Waals surface area contributed by atoms with Crippen LogP contribution in [0.1, 0.15) is 18.4 Å². The van der Waals surface area contributed by atoms with Gasteiger partial charge >= 0.3 is 0 Å². The van der Waals surface area contributed by atoms with Crippen LogP contribution in [-0.2, 0) is 11.3 Å². The molecule has 2 N–H and O–H groups in total. The highest BCUT2D eigenvalue weighted by atomic mass is 127. The average molecular weight is 460 g/mol. The van der Waals surface area contributed by atoms with Gasteiger partial charge in [0.2, 0.25) is 0 Å². The van der Waals surface area contributed by atoms with E-state index in [0.29, 0.717) is 12.6 Å². The summed E-state index contributed by atoms with van der Waals surface area (Å²) in [6.45, 7) is 6.06. The Morgan fingerprint density at radius 3 is 2.84 bits per heavy atom. The second-order valence-electron chi connectivity index (χ2n) is 6.29. The van der Waals surface area contributed by atoms with Crippen LogP contribution in [0.3, 0.4) is 0 Å². The van der Waals surface area contributed by atoms with Crippen LogP contribution in [0, 0.1) is 0 Å². The maximum Gasteiger partial charge on any atom is 0.191 e. The Balaban J connectivity index is 0.00000225. The van der Waals surface area contributed by atoms with Crippen molar-refractivity contribution in [3.63, 3.8) is 0 Å². The van der Waals surface area contributed by atoms with E-state index in [1.165, 1.54) is 18.4 Å². The van der Waals surface area contributed by atoms with Gasteiger partial charge in [-0.3, -0.25) is 9.89 Å². The minimum Gasteiger partial charge on any atom is -0.492 e. The molecule has 25 heavy (non-hydrogen) atoms. The van der Waals surface area contributed by atoms with Crippen LogP contribution in [-0.4, -0.2) is 63.4 Å². The fraction of sp³-hybridized carbons (Fsp3) is 0.611. The first-order valence-electron chi connectivity index (χ1n) is 8.82. The lowest BCUT2D eigenvalue weighted by atomic mass is 10.2. The lowest BCUT2D eigenvalue weighted by Crippen LogP contribution is -2.38. The van der Waals surface area contributed by atoms with Crippen LogP contribution in [0.2, 0.25) is 0 Å². The van der Waals surface area contributed by atoms with Crippen molar-refractivity contribution in [3.05, 3.63) is 29.8 Å². The van der Waals surface area contributed by atoms with E-state index in [1.54, 1.807) is 0 Å². The summed E-state index contributed by atoms with van der Waals surface area (Å²) in [7, 11) is 1.81. The second-order valence-corrected chi connectivity index (χ2v) is 6.29. The van der Waals surface area contributed by atoms with Crippen molar-refractivity contribution < 1.29 is 9.47 Å². The van der Waals surface area contributed by atoms with Crippen molar-refractivity contribution in [3.8, 4) is 5.75 Å². The molecule has 1 saturated heterocycles. The van der Waals surface area contributed by atoms with Gasteiger partial charge in [0.25, 0.3) is 0 Å². The third kappa shape index (κ3) is 7.37. The van der Waals surface area contributed by atoms with Crippen LogP contribution in [0.15, 0.2) is 29.3 Å². The molecule has 1 saturated carbocycles. The SMILES string of the molecule is CN=C(NCc1cccc(OCCN2CCOCC2)c1)NC1CC1.I. The van der Waals surface area contributed by atoms with E-state index in [9.17, 15) is 0 Å². The molecule has 3 rings (SSSR count). The van der Waals surface area contributed by atoms with Crippen molar-refractivity contribution >= 4 is 29.9 Å². The molecule has 1 aliphatic heterocycles. The number of benzene rings is 1. The van der Waals surface area contributed by atoms with Crippen LogP contribution in [0.5, 0.6) is 5.75 Å². The summed E-state index contributed by atoms with van der Waals surface area (Å²) in [5.41, 5.74) is 1.19. The molecule has 1 aromatic carbocycles. The van der Waals surface area contributed by atoms with Crippen LogP contribution in [0.25, 0.3) is 0 Å². The maximum absolute atomic E-state index is 5.90. The van der Waals surface area contributed by atoms with E-state index in [4.69, 9.17) is 9.47 Å².